The van der Waals surface area contributed by atoms with Crippen LogP contribution in [0.15, 0.2) is 48.5 Å². The van der Waals surface area contributed by atoms with Gasteiger partial charge in [0, 0.05) is 6.54 Å². The summed E-state index contributed by atoms with van der Waals surface area (Å²) in [4.78, 5) is 24.1. The standard InChI is InChI=1S/C22H27NO4/c1-15(2)14-20(21(24)25)23(22(26)27)13-12-17-6-10-19(11-7-17)18-8-4-16(3)5-9-18/h4-11,15,20H,12-14H2,1-3H3,(H,24,25)(H,26,27). The smallest absolute Gasteiger partial charge is 0.408 e. The summed E-state index contributed by atoms with van der Waals surface area (Å²) in [6.45, 7) is 5.98. The average molecular weight is 369 g/mol. The van der Waals surface area contributed by atoms with E-state index in [-0.39, 0.29) is 12.5 Å². The van der Waals surface area contributed by atoms with Crippen LogP contribution in [0.25, 0.3) is 11.1 Å². The minimum Gasteiger partial charge on any atom is -0.480 e. The van der Waals surface area contributed by atoms with Crippen LogP contribution in [0, 0.1) is 12.8 Å². The van der Waals surface area contributed by atoms with Crippen LogP contribution in [0.1, 0.15) is 31.4 Å². The van der Waals surface area contributed by atoms with E-state index in [1.54, 1.807) is 0 Å². The van der Waals surface area contributed by atoms with Gasteiger partial charge in [-0.1, -0.05) is 67.9 Å². The lowest BCUT2D eigenvalue weighted by molar-refractivity contribution is -0.143. The Labute approximate surface area is 160 Å². The highest BCUT2D eigenvalue weighted by Gasteiger charge is 2.29. The van der Waals surface area contributed by atoms with E-state index in [0.29, 0.717) is 12.8 Å². The maximum absolute atomic E-state index is 11.6. The highest BCUT2D eigenvalue weighted by atomic mass is 16.4. The van der Waals surface area contributed by atoms with Gasteiger partial charge in [0.15, 0.2) is 0 Å². The van der Waals surface area contributed by atoms with E-state index >= 15 is 0 Å². The van der Waals surface area contributed by atoms with Crippen LogP contribution in [-0.4, -0.2) is 39.8 Å². The van der Waals surface area contributed by atoms with Crippen LogP contribution < -0.4 is 0 Å². The zero-order valence-corrected chi connectivity index (χ0v) is 16.1. The second-order valence-corrected chi connectivity index (χ2v) is 7.27. The molecule has 0 aliphatic carbocycles. The van der Waals surface area contributed by atoms with Gasteiger partial charge in [-0.15, -0.1) is 0 Å². The maximum Gasteiger partial charge on any atom is 0.408 e. The van der Waals surface area contributed by atoms with E-state index in [0.717, 1.165) is 21.6 Å². The lowest BCUT2D eigenvalue weighted by atomic mass is 10.0. The van der Waals surface area contributed by atoms with Crippen molar-refractivity contribution in [3.8, 4) is 11.1 Å². The highest BCUT2D eigenvalue weighted by Crippen LogP contribution is 2.21. The zero-order valence-electron chi connectivity index (χ0n) is 16.1. The maximum atomic E-state index is 11.6. The summed E-state index contributed by atoms with van der Waals surface area (Å²) >= 11 is 0. The van der Waals surface area contributed by atoms with Crippen molar-refractivity contribution >= 4 is 12.1 Å². The number of amides is 1. The van der Waals surface area contributed by atoms with Gasteiger partial charge in [-0.25, -0.2) is 9.59 Å². The third-order valence-corrected chi connectivity index (χ3v) is 4.58. The van der Waals surface area contributed by atoms with Gasteiger partial charge in [-0.3, -0.25) is 4.90 Å². The normalized spacial score (nSPS) is 12.0. The molecule has 5 heteroatoms. The minimum absolute atomic E-state index is 0.0988. The average Bonchev–Trinajstić information content (AvgIpc) is 2.61. The number of hydrogen-bond donors (Lipinski definition) is 2. The molecule has 0 spiro atoms. The summed E-state index contributed by atoms with van der Waals surface area (Å²) in [5.41, 5.74) is 4.41. The van der Waals surface area contributed by atoms with Crippen LogP contribution in [0.2, 0.25) is 0 Å². The van der Waals surface area contributed by atoms with Gasteiger partial charge < -0.3 is 10.2 Å². The molecule has 0 aromatic heterocycles. The summed E-state index contributed by atoms with van der Waals surface area (Å²) in [7, 11) is 0. The molecule has 27 heavy (non-hydrogen) atoms. The lowest BCUT2D eigenvalue weighted by Crippen LogP contribution is -2.46. The Morgan fingerprint density at radius 2 is 1.44 bits per heavy atom. The minimum atomic E-state index is -1.20. The third-order valence-electron chi connectivity index (χ3n) is 4.58. The van der Waals surface area contributed by atoms with Crippen molar-refractivity contribution in [1.29, 1.82) is 0 Å². The summed E-state index contributed by atoms with van der Waals surface area (Å²) in [6.07, 6.45) is -0.421. The Hall–Kier alpha value is -2.82. The first kappa shape index (κ1) is 20.5. The summed E-state index contributed by atoms with van der Waals surface area (Å²) in [5.74, 6) is -0.998. The molecule has 0 radical (unpaired) electrons. The Balaban J connectivity index is 2.07. The molecule has 0 saturated heterocycles. The number of rotatable bonds is 8. The molecule has 0 saturated carbocycles. The second kappa shape index (κ2) is 9.21. The van der Waals surface area contributed by atoms with Crippen LogP contribution in [0.4, 0.5) is 4.79 Å². The molecule has 0 bridgehead atoms. The van der Waals surface area contributed by atoms with Gasteiger partial charge >= 0.3 is 12.1 Å². The zero-order chi connectivity index (χ0) is 20.0. The lowest BCUT2D eigenvalue weighted by Gasteiger charge is -2.27. The SMILES string of the molecule is Cc1ccc(-c2ccc(CCN(C(=O)O)C(CC(C)C)C(=O)O)cc2)cc1. The van der Waals surface area contributed by atoms with Gasteiger partial charge in [-0.2, -0.15) is 0 Å². The van der Waals surface area contributed by atoms with Crippen molar-refractivity contribution in [2.75, 3.05) is 6.54 Å². The Morgan fingerprint density at radius 3 is 1.89 bits per heavy atom. The molecule has 5 nitrogen and oxygen atoms in total. The van der Waals surface area contributed by atoms with E-state index in [4.69, 9.17) is 0 Å². The number of nitrogens with zero attached hydrogens (tertiary/aromatic N) is 1. The monoisotopic (exact) mass is 369 g/mol. The Kier molecular flexibility index (Phi) is 6.99. The van der Waals surface area contributed by atoms with Gasteiger partial charge in [-0.05, 0) is 42.4 Å². The third kappa shape index (κ3) is 5.84. The highest BCUT2D eigenvalue weighted by molar-refractivity contribution is 5.79. The molecule has 1 amide bonds. The van der Waals surface area contributed by atoms with Crippen LogP contribution >= 0.6 is 0 Å². The number of carboxylic acids is 1. The molecule has 0 aliphatic heterocycles. The topological polar surface area (TPSA) is 77.8 Å². The molecular formula is C22H27NO4. The van der Waals surface area contributed by atoms with Gasteiger partial charge in [0.05, 0.1) is 0 Å². The fraction of sp³-hybridized carbons (Fsp3) is 0.364. The van der Waals surface area contributed by atoms with E-state index in [9.17, 15) is 19.8 Å². The number of aliphatic carboxylic acids is 1. The van der Waals surface area contributed by atoms with E-state index in [1.165, 1.54) is 5.56 Å². The summed E-state index contributed by atoms with van der Waals surface area (Å²) < 4.78 is 0. The number of aryl methyl sites for hydroxylation is 1. The molecule has 144 valence electrons. The van der Waals surface area contributed by atoms with Gasteiger partial charge in [0.1, 0.15) is 6.04 Å². The Morgan fingerprint density at radius 1 is 0.926 bits per heavy atom. The summed E-state index contributed by atoms with van der Waals surface area (Å²) in [6, 6.07) is 15.2. The molecule has 1 unspecified atom stereocenters. The first-order valence-corrected chi connectivity index (χ1v) is 9.16. The van der Waals surface area contributed by atoms with E-state index < -0.39 is 18.1 Å². The van der Waals surface area contributed by atoms with Crippen molar-refractivity contribution in [1.82, 2.24) is 4.90 Å². The molecule has 2 aromatic rings. The molecule has 0 fully saturated rings. The van der Waals surface area contributed by atoms with Crippen molar-refractivity contribution in [3.63, 3.8) is 0 Å². The first-order valence-electron chi connectivity index (χ1n) is 9.16. The van der Waals surface area contributed by atoms with Gasteiger partial charge in [0.25, 0.3) is 0 Å². The van der Waals surface area contributed by atoms with Crippen LogP contribution in [0.5, 0.6) is 0 Å². The quantitative estimate of drug-likeness (QED) is 0.708. The first-order chi connectivity index (χ1) is 12.8. The Bertz CT molecular complexity index is 766. The fourth-order valence-electron chi connectivity index (χ4n) is 3.05. The molecule has 1 atom stereocenters. The predicted molar refractivity (Wildman–Crippen MR) is 106 cm³/mol. The number of hydrogen-bond acceptors (Lipinski definition) is 2. The van der Waals surface area contributed by atoms with Crippen LogP contribution in [0.3, 0.4) is 0 Å². The number of carboxylic acid groups (broad SMARTS) is 2. The molecule has 2 aromatic carbocycles. The van der Waals surface area contributed by atoms with E-state index in [1.807, 2.05) is 45.0 Å². The summed E-state index contributed by atoms with van der Waals surface area (Å²) in [5, 5.41) is 18.9. The van der Waals surface area contributed by atoms with Crippen LogP contribution in [-0.2, 0) is 11.2 Å². The fourth-order valence-corrected chi connectivity index (χ4v) is 3.05. The number of carbonyl (C=O) groups is 2. The molecule has 0 heterocycles. The molecule has 0 aliphatic rings. The molecule has 2 rings (SSSR count). The molecule has 2 N–H and O–H groups in total. The van der Waals surface area contributed by atoms with Crippen molar-refractivity contribution < 1.29 is 19.8 Å². The largest absolute Gasteiger partial charge is 0.480 e. The second-order valence-electron chi connectivity index (χ2n) is 7.27. The number of benzene rings is 2. The van der Waals surface area contributed by atoms with E-state index in [2.05, 4.69) is 24.3 Å². The van der Waals surface area contributed by atoms with Crippen molar-refractivity contribution in [2.45, 2.75) is 39.7 Å². The van der Waals surface area contributed by atoms with Crippen molar-refractivity contribution in [3.05, 3.63) is 59.7 Å². The molecular weight excluding hydrogens is 342 g/mol. The van der Waals surface area contributed by atoms with Crippen molar-refractivity contribution in [2.24, 2.45) is 5.92 Å². The predicted octanol–water partition coefficient (Wildman–Crippen LogP) is 4.68. The van der Waals surface area contributed by atoms with Gasteiger partial charge in [0.2, 0.25) is 0 Å².